The lowest BCUT2D eigenvalue weighted by atomic mass is 9.89. The first-order chi connectivity index (χ1) is 6.56. The van der Waals surface area contributed by atoms with Gasteiger partial charge in [-0.2, -0.15) is 0 Å². The monoisotopic (exact) mass is 193 g/mol. The van der Waals surface area contributed by atoms with Crippen LogP contribution in [0.4, 0.5) is 4.39 Å². The van der Waals surface area contributed by atoms with Crippen molar-refractivity contribution in [3.63, 3.8) is 0 Å². The zero-order chi connectivity index (χ0) is 10.3. The molecule has 0 radical (unpaired) electrons. The van der Waals surface area contributed by atoms with Gasteiger partial charge in [0.2, 0.25) is 0 Å². The first kappa shape index (κ1) is 9.66. The molecule has 0 aromatic heterocycles. The molecule has 1 nitrogen and oxygen atoms in total. The number of nitrogens with two attached hydrogens (primary N) is 1. The lowest BCUT2D eigenvalue weighted by molar-refractivity contribution is 0.547. The van der Waals surface area contributed by atoms with Gasteiger partial charge in [0.05, 0.1) is 0 Å². The van der Waals surface area contributed by atoms with E-state index >= 15 is 0 Å². The summed E-state index contributed by atoms with van der Waals surface area (Å²) in [6.07, 6.45) is 2.18. The molecule has 76 valence electrons. The first-order valence-electron chi connectivity index (χ1n) is 5.08. The fourth-order valence-corrected chi connectivity index (χ4v) is 2.04. The third kappa shape index (κ3) is 1.34. The van der Waals surface area contributed by atoms with Crippen LogP contribution in [-0.2, 0) is 5.41 Å². The van der Waals surface area contributed by atoms with Gasteiger partial charge < -0.3 is 5.73 Å². The van der Waals surface area contributed by atoms with Crippen molar-refractivity contribution in [2.75, 3.05) is 0 Å². The molecule has 0 spiro atoms. The number of hydrogen-bond donors (Lipinski definition) is 1. The van der Waals surface area contributed by atoms with E-state index in [0.717, 1.165) is 18.4 Å². The van der Waals surface area contributed by atoms with Crippen molar-refractivity contribution in [3.8, 4) is 0 Å². The van der Waals surface area contributed by atoms with Crippen molar-refractivity contribution in [2.45, 2.75) is 38.1 Å². The molecule has 0 heterocycles. The molecule has 0 saturated heterocycles. The van der Waals surface area contributed by atoms with Gasteiger partial charge in [0.15, 0.2) is 0 Å². The Kier molecular flexibility index (Phi) is 2.11. The van der Waals surface area contributed by atoms with Crippen LogP contribution in [0.2, 0.25) is 0 Å². The highest BCUT2D eigenvalue weighted by Crippen LogP contribution is 2.50. The van der Waals surface area contributed by atoms with E-state index < -0.39 is 0 Å². The average Bonchev–Trinajstić information content (AvgIpc) is 2.90. The minimum atomic E-state index is -0.116. The van der Waals surface area contributed by atoms with Crippen molar-refractivity contribution in [2.24, 2.45) is 5.73 Å². The molecule has 1 aromatic rings. The quantitative estimate of drug-likeness (QED) is 0.767. The van der Waals surface area contributed by atoms with Gasteiger partial charge in [-0.1, -0.05) is 12.1 Å². The van der Waals surface area contributed by atoms with Crippen LogP contribution in [0.5, 0.6) is 0 Å². The zero-order valence-electron chi connectivity index (χ0n) is 8.68. The van der Waals surface area contributed by atoms with Gasteiger partial charge >= 0.3 is 0 Å². The Labute approximate surface area is 84.1 Å². The van der Waals surface area contributed by atoms with Gasteiger partial charge in [0.1, 0.15) is 5.82 Å². The van der Waals surface area contributed by atoms with Crippen LogP contribution in [0, 0.1) is 12.7 Å². The molecule has 2 heteroatoms. The summed E-state index contributed by atoms with van der Waals surface area (Å²) in [6, 6.07) is 5.61. The van der Waals surface area contributed by atoms with Crippen LogP contribution in [0.3, 0.4) is 0 Å². The number of aryl methyl sites for hydroxylation is 1. The van der Waals surface area contributed by atoms with Crippen molar-refractivity contribution < 1.29 is 4.39 Å². The van der Waals surface area contributed by atoms with E-state index in [4.69, 9.17) is 5.73 Å². The van der Waals surface area contributed by atoms with E-state index in [1.54, 1.807) is 13.0 Å². The predicted octanol–water partition coefficient (Wildman–Crippen LogP) is 2.51. The van der Waals surface area contributed by atoms with Crippen LogP contribution in [0.25, 0.3) is 0 Å². The summed E-state index contributed by atoms with van der Waals surface area (Å²) in [5.74, 6) is -0.116. The van der Waals surface area contributed by atoms with Gasteiger partial charge in [0.25, 0.3) is 0 Å². The number of rotatable bonds is 2. The van der Waals surface area contributed by atoms with Crippen LogP contribution in [0.1, 0.15) is 30.9 Å². The average molecular weight is 193 g/mol. The van der Waals surface area contributed by atoms with Crippen molar-refractivity contribution >= 4 is 0 Å². The summed E-state index contributed by atoms with van der Waals surface area (Å²) in [6.45, 7) is 3.79. The van der Waals surface area contributed by atoms with E-state index in [1.165, 1.54) is 0 Å². The molecule has 1 fully saturated rings. The lowest BCUT2D eigenvalue weighted by Crippen LogP contribution is -2.31. The van der Waals surface area contributed by atoms with E-state index in [0.29, 0.717) is 5.56 Å². The largest absolute Gasteiger partial charge is 0.327 e. The summed E-state index contributed by atoms with van der Waals surface area (Å²) in [7, 11) is 0. The molecule has 1 aromatic carbocycles. The van der Waals surface area contributed by atoms with Crippen molar-refractivity contribution in [1.82, 2.24) is 0 Å². The second-order valence-corrected chi connectivity index (χ2v) is 4.41. The first-order valence-corrected chi connectivity index (χ1v) is 5.08. The highest BCUT2D eigenvalue weighted by molar-refractivity contribution is 5.36. The minimum absolute atomic E-state index is 0.0640. The summed E-state index contributed by atoms with van der Waals surface area (Å²) in [4.78, 5) is 0. The van der Waals surface area contributed by atoms with E-state index in [9.17, 15) is 4.39 Å². The molecule has 2 N–H and O–H groups in total. The van der Waals surface area contributed by atoms with Gasteiger partial charge in [-0.25, -0.2) is 4.39 Å². The Bertz CT molecular complexity index is 353. The summed E-state index contributed by atoms with van der Waals surface area (Å²) >= 11 is 0. The number of hydrogen-bond acceptors (Lipinski definition) is 1. The van der Waals surface area contributed by atoms with Crippen LogP contribution in [-0.4, -0.2) is 6.04 Å². The van der Waals surface area contributed by atoms with Crippen LogP contribution < -0.4 is 5.73 Å². The fraction of sp³-hybridized carbons (Fsp3) is 0.500. The highest BCUT2D eigenvalue weighted by atomic mass is 19.1. The Balaban J connectivity index is 2.38. The fourth-order valence-electron chi connectivity index (χ4n) is 2.04. The molecule has 1 atom stereocenters. The maximum atomic E-state index is 13.4. The Morgan fingerprint density at radius 1 is 1.43 bits per heavy atom. The van der Waals surface area contributed by atoms with E-state index in [1.807, 2.05) is 19.1 Å². The molecule has 1 aliphatic carbocycles. The van der Waals surface area contributed by atoms with Crippen LogP contribution >= 0.6 is 0 Å². The molecule has 0 amide bonds. The lowest BCUT2D eigenvalue weighted by Gasteiger charge is -2.20. The Morgan fingerprint density at radius 3 is 2.50 bits per heavy atom. The van der Waals surface area contributed by atoms with E-state index in [2.05, 4.69) is 0 Å². The maximum Gasteiger partial charge on any atom is 0.126 e. The summed E-state index contributed by atoms with van der Waals surface area (Å²) in [5, 5.41) is 0. The highest BCUT2D eigenvalue weighted by Gasteiger charge is 2.47. The molecule has 0 aliphatic heterocycles. The second-order valence-electron chi connectivity index (χ2n) is 4.41. The van der Waals surface area contributed by atoms with Crippen molar-refractivity contribution in [3.05, 3.63) is 35.1 Å². The molecule has 1 unspecified atom stereocenters. The second kappa shape index (κ2) is 3.06. The van der Waals surface area contributed by atoms with Gasteiger partial charge in [-0.3, -0.25) is 0 Å². The molecular weight excluding hydrogens is 177 g/mol. The SMILES string of the molecule is Cc1ccc(C2(C(C)N)CC2)cc1F. The number of benzene rings is 1. The third-order valence-corrected chi connectivity index (χ3v) is 3.41. The van der Waals surface area contributed by atoms with Gasteiger partial charge in [0, 0.05) is 11.5 Å². The van der Waals surface area contributed by atoms with Crippen molar-refractivity contribution in [1.29, 1.82) is 0 Å². The smallest absolute Gasteiger partial charge is 0.126 e. The number of halogens is 1. The van der Waals surface area contributed by atoms with Gasteiger partial charge in [-0.05, 0) is 43.9 Å². The molecule has 1 saturated carbocycles. The molecule has 2 rings (SSSR count). The van der Waals surface area contributed by atoms with Gasteiger partial charge in [-0.15, -0.1) is 0 Å². The van der Waals surface area contributed by atoms with Crippen LogP contribution in [0.15, 0.2) is 18.2 Å². The normalized spacial score (nSPS) is 20.6. The zero-order valence-corrected chi connectivity index (χ0v) is 8.68. The minimum Gasteiger partial charge on any atom is -0.327 e. The predicted molar refractivity (Wildman–Crippen MR) is 55.7 cm³/mol. The standard InChI is InChI=1S/C12H16FN/c1-8-3-4-10(7-11(8)13)12(5-6-12)9(2)14/h3-4,7,9H,5-6,14H2,1-2H3. The third-order valence-electron chi connectivity index (χ3n) is 3.41. The topological polar surface area (TPSA) is 26.0 Å². The molecular formula is C12H16FN. The molecule has 0 bridgehead atoms. The molecule has 1 aliphatic rings. The Hall–Kier alpha value is -0.890. The summed E-state index contributed by atoms with van der Waals surface area (Å²) < 4.78 is 13.4. The summed E-state index contributed by atoms with van der Waals surface area (Å²) in [5.41, 5.74) is 7.76. The Morgan fingerprint density at radius 2 is 2.07 bits per heavy atom. The van der Waals surface area contributed by atoms with E-state index in [-0.39, 0.29) is 17.3 Å². The molecule has 14 heavy (non-hydrogen) atoms. The maximum absolute atomic E-state index is 13.4.